The van der Waals surface area contributed by atoms with Crippen LogP contribution in [-0.4, -0.2) is 37.1 Å². The third kappa shape index (κ3) is 2.91. The van der Waals surface area contributed by atoms with E-state index in [2.05, 4.69) is 9.97 Å². The number of nitrogens with zero attached hydrogens (tertiary/aromatic N) is 4. The monoisotopic (exact) mass is 405 g/mol. The number of aromatic nitrogens is 4. The number of H-pyrrole nitrogens is 1. The smallest absolute Gasteiger partial charge is 0.273 e. The Morgan fingerprint density at radius 3 is 2.93 bits per heavy atom. The van der Waals surface area contributed by atoms with Crippen molar-refractivity contribution in [2.24, 2.45) is 7.05 Å². The molecule has 0 saturated heterocycles. The highest BCUT2D eigenvalue weighted by molar-refractivity contribution is 6.30. The second kappa shape index (κ2) is 6.74. The molecular formula is C22H20ClN5O. The van der Waals surface area contributed by atoms with Gasteiger partial charge in [-0.15, -0.1) is 0 Å². The molecule has 1 aliphatic rings. The van der Waals surface area contributed by atoms with Crippen molar-refractivity contribution in [3.8, 4) is 11.3 Å². The lowest BCUT2D eigenvalue weighted by molar-refractivity contribution is 0.0668. The largest absolute Gasteiger partial charge is 0.346 e. The van der Waals surface area contributed by atoms with Gasteiger partial charge in [-0.3, -0.25) is 9.48 Å². The average molecular weight is 406 g/mol. The van der Waals surface area contributed by atoms with Crippen molar-refractivity contribution in [1.29, 1.82) is 0 Å². The molecule has 0 aliphatic carbocycles. The molecule has 5 rings (SSSR count). The van der Waals surface area contributed by atoms with Crippen LogP contribution in [0.1, 0.15) is 34.7 Å². The van der Waals surface area contributed by atoms with Gasteiger partial charge in [0.2, 0.25) is 0 Å². The number of amides is 1. The van der Waals surface area contributed by atoms with Gasteiger partial charge in [-0.1, -0.05) is 23.7 Å². The SMILES string of the molecule is C[C@H]1c2nn(C)c(-c3cccc(Cl)c3)c2CCN1C(=O)c1ccc2cc[nH]c2n1. The van der Waals surface area contributed by atoms with E-state index in [4.69, 9.17) is 16.7 Å². The zero-order valence-electron chi connectivity index (χ0n) is 16.2. The Morgan fingerprint density at radius 1 is 1.24 bits per heavy atom. The number of rotatable bonds is 2. The molecule has 1 aliphatic heterocycles. The zero-order valence-corrected chi connectivity index (χ0v) is 16.9. The van der Waals surface area contributed by atoms with Crippen LogP contribution in [0, 0.1) is 0 Å². The van der Waals surface area contributed by atoms with Gasteiger partial charge in [-0.25, -0.2) is 4.98 Å². The minimum absolute atomic E-state index is 0.0744. The number of carbonyl (C=O) groups is 1. The number of nitrogens with one attached hydrogen (secondary N) is 1. The lowest BCUT2D eigenvalue weighted by Crippen LogP contribution is -2.39. The fraction of sp³-hybridized carbons (Fsp3) is 0.227. The first-order chi connectivity index (χ1) is 14.0. The second-order valence-electron chi connectivity index (χ2n) is 7.38. The molecular weight excluding hydrogens is 386 g/mol. The third-order valence-corrected chi connectivity index (χ3v) is 5.86. The fourth-order valence-corrected chi connectivity index (χ4v) is 4.41. The highest BCUT2D eigenvalue weighted by Gasteiger charge is 2.33. The van der Waals surface area contributed by atoms with Crippen LogP contribution < -0.4 is 0 Å². The molecule has 0 radical (unpaired) electrons. The zero-order chi connectivity index (χ0) is 20.1. The summed E-state index contributed by atoms with van der Waals surface area (Å²) in [6, 6.07) is 13.3. The number of aryl methyl sites for hydroxylation is 1. The van der Waals surface area contributed by atoms with Crippen molar-refractivity contribution in [2.75, 3.05) is 6.54 Å². The minimum Gasteiger partial charge on any atom is -0.346 e. The lowest BCUT2D eigenvalue weighted by Gasteiger charge is -2.32. The standard InChI is InChI=1S/C22H20ClN5O/c1-13-19-17(20(27(2)26-19)15-4-3-5-16(23)12-15)9-11-28(13)22(29)18-7-6-14-8-10-24-21(14)25-18/h3-8,10,12-13H,9,11H2,1-2H3,(H,24,25)/t13-/m0/s1. The van der Waals surface area contributed by atoms with Gasteiger partial charge in [-0.05, 0) is 43.7 Å². The molecule has 1 amide bonds. The van der Waals surface area contributed by atoms with Gasteiger partial charge in [0.25, 0.3) is 5.91 Å². The van der Waals surface area contributed by atoms with Crippen LogP contribution in [-0.2, 0) is 13.5 Å². The van der Waals surface area contributed by atoms with Crippen LogP contribution in [0.15, 0.2) is 48.7 Å². The van der Waals surface area contributed by atoms with Crippen molar-refractivity contribution < 1.29 is 4.79 Å². The topological polar surface area (TPSA) is 66.8 Å². The van der Waals surface area contributed by atoms with E-state index in [0.29, 0.717) is 17.3 Å². The molecule has 0 fully saturated rings. The third-order valence-electron chi connectivity index (χ3n) is 5.63. The first-order valence-electron chi connectivity index (χ1n) is 9.60. The highest BCUT2D eigenvalue weighted by Crippen LogP contribution is 2.36. The molecule has 1 aromatic carbocycles. The number of hydrogen-bond acceptors (Lipinski definition) is 3. The second-order valence-corrected chi connectivity index (χ2v) is 7.82. The molecule has 7 heteroatoms. The fourth-order valence-electron chi connectivity index (χ4n) is 4.22. The van der Waals surface area contributed by atoms with E-state index in [0.717, 1.165) is 34.4 Å². The van der Waals surface area contributed by atoms with Gasteiger partial charge in [-0.2, -0.15) is 5.10 Å². The van der Waals surface area contributed by atoms with E-state index in [1.54, 1.807) is 6.07 Å². The number of carbonyl (C=O) groups excluding carboxylic acids is 1. The van der Waals surface area contributed by atoms with E-state index >= 15 is 0 Å². The van der Waals surface area contributed by atoms with Crippen LogP contribution >= 0.6 is 11.6 Å². The molecule has 146 valence electrons. The first kappa shape index (κ1) is 17.9. The number of halogens is 1. The quantitative estimate of drug-likeness (QED) is 0.538. The molecule has 0 saturated carbocycles. The summed E-state index contributed by atoms with van der Waals surface area (Å²) in [4.78, 5) is 22.6. The maximum atomic E-state index is 13.2. The molecule has 0 unspecified atom stereocenters. The molecule has 1 N–H and O–H groups in total. The van der Waals surface area contributed by atoms with Gasteiger partial charge in [0.05, 0.1) is 17.4 Å². The molecule has 6 nitrogen and oxygen atoms in total. The Bertz CT molecular complexity index is 1240. The molecule has 3 aromatic heterocycles. The van der Waals surface area contributed by atoms with Crippen LogP contribution in [0.25, 0.3) is 22.3 Å². The summed E-state index contributed by atoms with van der Waals surface area (Å²) in [5.41, 5.74) is 5.39. The minimum atomic E-state index is -0.133. The van der Waals surface area contributed by atoms with Gasteiger partial charge in [0.1, 0.15) is 11.3 Å². The van der Waals surface area contributed by atoms with Crippen LogP contribution in [0.5, 0.6) is 0 Å². The van der Waals surface area contributed by atoms with Crippen molar-refractivity contribution in [2.45, 2.75) is 19.4 Å². The number of benzene rings is 1. The van der Waals surface area contributed by atoms with Crippen LogP contribution in [0.3, 0.4) is 0 Å². The van der Waals surface area contributed by atoms with Gasteiger partial charge < -0.3 is 9.88 Å². The van der Waals surface area contributed by atoms with Crippen LogP contribution in [0.2, 0.25) is 5.02 Å². The van der Waals surface area contributed by atoms with Gasteiger partial charge in [0.15, 0.2) is 0 Å². The van der Waals surface area contributed by atoms with Crippen molar-refractivity contribution in [3.63, 3.8) is 0 Å². The molecule has 0 spiro atoms. The van der Waals surface area contributed by atoms with E-state index in [1.807, 2.05) is 66.1 Å². The summed E-state index contributed by atoms with van der Waals surface area (Å²) in [6.45, 7) is 2.65. The maximum absolute atomic E-state index is 13.2. The number of pyridine rings is 1. The van der Waals surface area contributed by atoms with E-state index < -0.39 is 0 Å². The Balaban J connectivity index is 1.50. The first-order valence-corrected chi connectivity index (χ1v) is 9.97. The lowest BCUT2D eigenvalue weighted by atomic mass is 9.95. The van der Waals surface area contributed by atoms with Crippen molar-refractivity contribution in [1.82, 2.24) is 24.6 Å². The predicted molar refractivity (Wildman–Crippen MR) is 113 cm³/mol. The maximum Gasteiger partial charge on any atom is 0.273 e. The summed E-state index contributed by atoms with van der Waals surface area (Å²) in [7, 11) is 1.94. The number of fused-ring (bicyclic) bond motifs is 2. The Hall–Kier alpha value is -3.12. The Morgan fingerprint density at radius 2 is 2.10 bits per heavy atom. The van der Waals surface area contributed by atoms with E-state index in [-0.39, 0.29) is 11.9 Å². The summed E-state index contributed by atoms with van der Waals surface area (Å²) < 4.78 is 1.89. The predicted octanol–water partition coefficient (Wildman–Crippen LogP) is 4.38. The van der Waals surface area contributed by atoms with Crippen LogP contribution in [0.4, 0.5) is 0 Å². The summed E-state index contributed by atoms with van der Waals surface area (Å²) in [5, 5.41) is 6.45. The normalized spacial score (nSPS) is 16.2. The van der Waals surface area contributed by atoms with Gasteiger partial charge in [0, 0.05) is 41.3 Å². The number of hydrogen-bond donors (Lipinski definition) is 1. The van der Waals surface area contributed by atoms with Gasteiger partial charge >= 0.3 is 0 Å². The molecule has 4 heterocycles. The van der Waals surface area contributed by atoms with E-state index in [9.17, 15) is 4.79 Å². The van der Waals surface area contributed by atoms with E-state index in [1.165, 1.54) is 5.56 Å². The summed E-state index contributed by atoms with van der Waals surface area (Å²) >= 11 is 6.20. The number of aromatic amines is 1. The van der Waals surface area contributed by atoms with Crippen molar-refractivity contribution in [3.05, 3.63) is 70.6 Å². The molecule has 1 atom stereocenters. The summed E-state index contributed by atoms with van der Waals surface area (Å²) in [6.07, 6.45) is 2.57. The summed E-state index contributed by atoms with van der Waals surface area (Å²) in [5.74, 6) is -0.0744. The van der Waals surface area contributed by atoms with Crippen molar-refractivity contribution >= 4 is 28.5 Å². The molecule has 0 bridgehead atoms. The Labute approximate surface area is 173 Å². The Kier molecular flexibility index (Phi) is 4.17. The molecule has 29 heavy (non-hydrogen) atoms. The highest BCUT2D eigenvalue weighted by atomic mass is 35.5. The molecule has 4 aromatic rings. The average Bonchev–Trinajstić information content (AvgIpc) is 3.31.